The molecule has 2 fully saturated rings. The van der Waals surface area contributed by atoms with Crippen LogP contribution in [0.2, 0.25) is 0 Å². The third-order valence-electron chi connectivity index (χ3n) is 7.36. The van der Waals surface area contributed by atoms with E-state index in [1.165, 1.54) is 37.3 Å². The highest BCUT2D eigenvalue weighted by Crippen LogP contribution is 2.33. The lowest BCUT2D eigenvalue weighted by Crippen LogP contribution is -2.64. The van der Waals surface area contributed by atoms with E-state index in [4.69, 9.17) is 23.7 Å². The monoisotopic (exact) mass is 640 g/mol. The number of carbonyl (C=O) groups is 1. The van der Waals surface area contributed by atoms with E-state index < -0.39 is 104 Å². The molecule has 0 saturated carbocycles. The molecule has 10 N–H and O–H groups in total. The maximum atomic E-state index is 12.7. The van der Waals surface area contributed by atoms with Gasteiger partial charge in [0.25, 0.3) is 0 Å². The van der Waals surface area contributed by atoms with Crippen LogP contribution in [0.1, 0.15) is 24.2 Å². The van der Waals surface area contributed by atoms with E-state index in [2.05, 4.69) is 0 Å². The molecule has 0 amide bonds. The lowest BCUT2D eigenvalue weighted by molar-refractivity contribution is -0.366. The molecule has 16 heteroatoms. The van der Waals surface area contributed by atoms with Gasteiger partial charge in [-0.05, 0) is 48.4 Å². The van der Waals surface area contributed by atoms with Crippen molar-refractivity contribution in [2.24, 2.45) is 0 Å². The standard InChI is InChI=1S/C29H36O16/c1-12-22(37)23(38)24(39)28(42-12)45-27-25(40)26(44-21(36)7-3-13-2-5-15(31)17(33)8-13)20(10-30)43-29(27)41-11-19(35)14-4-6-16(32)18(34)9-14/h2-9,12,19-20,22-35,37-40H,10-11H2,1H3/b7-3+/t12-,19?,20+,22+,23+,24+,25-,26+,27+,28-,29+/m0/s1. The number of carbonyl (C=O) groups excluding carboxylic acids is 1. The summed E-state index contributed by atoms with van der Waals surface area (Å²) in [5, 5.41) is 101. The average molecular weight is 641 g/mol. The topological polar surface area (TPSA) is 266 Å². The first-order chi connectivity index (χ1) is 21.3. The van der Waals surface area contributed by atoms with Crippen molar-refractivity contribution in [3.05, 3.63) is 53.6 Å². The minimum Gasteiger partial charge on any atom is -0.504 e. The van der Waals surface area contributed by atoms with E-state index in [1.54, 1.807) is 0 Å². The van der Waals surface area contributed by atoms with Crippen LogP contribution >= 0.6 is 0 Å². The highest BCUT2D eigenvalue weighted by Gasteiger charge is 2.52. The SMILES string of the molecule is C[C@@H]1O[C@@H](O[C@H]2[C@H](OCC(O)c3ccc(O)c(O)c3)O[C@H](CO)[C@@H](OC(=O)/C=C/c3ccc(O)c(O)c3)[C@@H]2O)[C@H](O)[C@H](O)[C@@H]1O. The first kappa shape index (κ1) is 34.3. The summed E-state index contributed by atoms with van der Waals surface area (Å²) in [4.78, 5) is 12.7. The molecule has 2 aromatic carbocycles. The Kier molecular flexibility index (Phi) is 11.2. The Morgan fingerprint density at radius 2 is 1.51 bits per heavy atom. The number of benzene rings is 2. The fourth-order valence-corrected chi connectivity index (χ4v) is 4.76. The number of phenolic OH excluding ortho intramolecular Hbond substituents is 4. The maximum Gasteiger partial charge on any atom is 0.331 e. The molecule has 0 aromatic heterocycles. The van der Waals surface area contributed by atoms with Gasteiger partial charge in [0, 0.05) is 6.08 Å². The van der Waals surface area contributed by atoms with Crippen LogP contribution in [-0.2, 0) is 28.5 Å². The molecule has 45 heavy (non-hydrogen) atoms. The molecule has 0 radical (unpaired) electrons. The number of phenols is 4. The summed E-state index contributed by atoms with van der Waals surface area (Å²) in [7, 11) is 0. The molecule has 248 valence electrons. The van der Waals surface area contributed by atoms with Crippen molar-refractivity contribution in [3.63, 3.8) is 0 Å². The second-order valence-corrected chi connectivity index (χ2v) is 10.6. The Labute approximate surface area is 256 Å². The molecule has 2 heterocycles. The summed E-state index contributed by atoms with van der Waals surface area (Å²) in [6.07, 6.45) is -15.0. The predicted octanol–water partition coefficient (Wildman–Crippen LogP) is -1.53. The molecule has 2 aromatic rings. The number of esters is 1. The quantitative estimate of drug-likeness (QED) is 0.0802. The molecule has 4 rings (SSSR count). The summed E-state index contributed by atoms with van der Waals surface area (Å²) in [6.45, 7) is 0.0575. The van der Waals surface area contributed by atoms with Gasteiger partial charge in [-0.15, -0.1) is 0 Å². The summed E-state index contributed by atoms with van der Waals surface area (Å²) >= 11 is 0. The number of hydrogen-bond donors (Lipinski definition) is 10. The van der Waals surface area contributed by atoms with Gasteiger partial charge in [0.2, 0.25) is 0 Å². The van der Waals surface area contributed by atoms with Gasteiger partial charge in [0.15, 0.2) is 41.7 Å². The van der Waals surface area contributed by atoms with E-state index >= 15 is 0 Å². The molecule has 0 bridgehead atoms. The second kappa shape index (κ2) is 14.7. The number of aromatic hydroxyl groups is 4. The van der Waals surface area contributed by atoms with Crippen molar-refractivity contribution in [1.29, 1.82) is 0 Å². The van der Waals surface area contributed by atoms with Crippen LogP contribution in [0.25, 0.3) is 6.08 Å². The maximum absolute atomic E-state index is 12.7. The molecule has 0 aliphatic carbocycles. The molecule has 16 nitrogen and oxygen atoms in total. The third kappa shape index (κ3) is 8.00. The number of aliphatic hydroxyl groups excluding tert-OH is 6. The fraction of sp³-hybridized carbons (Fsp3) is 0.483. The Hall–Kier alpha value is -3.55. The molecule has 0 spiro atoms. The van der Waals surface area contributed by atoms with E-state index in [0.717, 1.165) is 18.2 Å². The highest BCUT2D eigenvalue weighted by atomic mass is 16.8. The zero-order valence-corrected chi connectivity index (χ0v) is 23.8. The Bertz CT molecular complexity index is 1340. The zero-order valence-electron chi connectivity index (χ0n) is 23.8. The molecular formula is C29H36O16. The van der Waals surface area contributed by atoms with Crippen LogP contribution in [0.5, 0.6) is 23.0 Å². The van der Waals surface area contributed by atoms with Crippen LogP contribution in [0.4, 0.5) is 0 Å². The smallest absolute Gasteiger partial charge is 0.331 e. The van der Waals surface area contributed by atoms with Gasteiger partial charge in [0.05, 0.1) is 19.3 Å². The van der Waals surface area contributed by atoms with Crippen molar-refractivity contribution in [1.82, 2.24) is 0 Å². The van der Waals surface area contributed by atoms with E-state index in [-0.39, 0.29) is 11.3 Å². The van der Waals surface area contributed by atoms with Crippen LogP contribution in [-0.4, -0.2) is 132 Å². The van der Waals surface area contributed by atoms with Crippen molar-refractivity contribution >= 4 is 12.0 Å². The summed E-state index contributed by atoms with van der Waals surface area (Å²) in [5.41, 5.74) is 0.449. The normalized spacial score (nSPS) is 32.8. The molecular weight excluding hydrogens is 604 g/mol. The molecule has 2 aliphatic rings. The van der Waals surface area contributed by atoms with Gasteiger partial charge in [-0.3, -0.25) is 0 Å². The van der Waals surface area contributed by atoms with Gasteiger partial charge in [-0.1, -0.05) is 12.1 Å². The van der Waals surface area contributed by atoms with E-state index in [0.29, 0.717) is 5.56 Å². The number of hydrogen-bond acceptors (Lipinski definition) is 16. The first-order valence-corrected chi connectivity index (χ1v) is 13.8. The largest absolute Gasteiger partial charge is 0.504 e. The van der Waals surface area contributed by atoms with Gasteiger partial charge in [0.1, 0.15) is 42.7 Å². The average Bonchev–Trinajstić information content (AvgIpc) is 3.01. The Balaban J connectivity index is 1.54. The molecule has 2 saturated heterocycles. The highest BCUT2D eigenvalue weighted by molar-refractivity contribution is 5.87. The fourth-order valence-electron chi connectivity index (χ4n) is 4.76. The zero-order chi connectivity index (χ0) is 33.0. The lowest BCUT2D eigenvalue weighted by Gasteiger charge is -2.46. The second-order valence-electron chi connectivity index (χ2n) is 10.6. The number of rotatable bonds is 10. The van der Waals surface area contributed by atoms with Crippen molar-refractivity contribution in [3.8, 4) is 23.0 Å². The van der Waals surface area contributed by atoms with Crippen LogP contribution in [0.3, 0.4) is 0 Å². The van der Waals surface area contributed by atoms with Gasteiger partial charge >= 0.3 is 5.97 Å². The minimum absolute atomic E-state index is 0.135. The predicted molar refractivity (Wildman–Crippen MR) is 148 cm³/mol. The van der Waals surface area contributed by atoms with Crippen LogP contribution in [0.15, 0.2) is 42.5 Å². The number of aliphatic hydroxyl groups is 6. The molecule has 2 aliphatic heterocycles. The minimum atomic E-state index is -1.83. The number of ether oxygens (including phenoxy) is 5. The van der Waals surface area contributed by atoms with Crippen molar-refractivity contribution in [2.75, 3.05) is 13.2 Å². The van der Waals surface area contributed by atoms with Crippen LogP contribution in [0, 0.1) is 0 Å². The van der Waals surface area contributed by atoms with E-state index in [9.17, 15) is 55.9 Å². The van der Waals surface area contributed by atoms with Crippen molar-refractivity contribution < 1.29 is 79.5 Å². The summed E-state index contributed by atoms with van der Waals surface area (Å²) in [6, 6.07) is 7.32. The Morgan fingerprint density at radius 3 is 2.16 bits per heavy atom. The van der Waals surface area contributed by atoms with Gasteiger partial charge < -0.3 is 74.7 Å². The summed E-state index contributed by atoms with van der Waals surface area (Å²) < 4.78 is 28.0. The van der Waals surface area contributed by atoms with Gasteiger partial charge in [-0.2, -0.15) is 0 Å². The third-order valence-corrected chi connectivity index (χ3v) is 7.36. The first-order valence-electron chi connectivity index (χ1n) is 13.8. The summed E-state index contributed by atoms with van der Waals surface area (Å²) in [5.74, 6) is -2.75. The van der Waals surface area contributed by atoms with Crippen molar-refractivity contribution in [2.45, 2.75) is 74.4 Å². The Morgan fingerprint density at radius 1 is 0.844 bits per heavy atom. The lowest BCUT2D eigenvalue weighted by atomic mass is 9.97. The molecule has 11 atom stereocenters. The van der Waals surface area contributed by atoms with E-state index in [1.807, 2.05) is 0 Å². The van der Waals surface area contributed by atoms with Gasteiger partial charge in [-0.25, -0.2) is 4.79 Å². The van der Waals surface area contributed by atoms with Crippen LogP contribution < -0.4 is 0 Å². The molecule has 1 unspecified atom stereocenters.